The number of nitrogens with zero attached hydrogens (tertiary/aromatic N) is 3. The topological polar surface area (TPSA) is 36.4 Å². The van der Waals surface area contributed by atoms with E-state index in [9.17, 15) is 4.79 Å². The number of carbonyl (C=O) groups excluding carboxylic acids is 1. The molecule has 1 amide bonds. The van der Waals surface area contributed by atoms with E-state index < -0.39 is 0 Å². The van der Waals surface area contributed by atoms with Crippen LogP contribution in [0.4, 0.5) is 0 Å². The van der Waals surface area contributed by atoms with Crippen molar-refractivity contribution in [2.75, 3.05) is 19.6 Å². The molecule has 2 aromatic rings. The lowest BCUT2D eigenvalue weighted by molar-refractivity contribution is -0.142. The second-order valence-electron chi connectivity index (χ2n) is 8.96. The predicted octanol–water partition coefficient (Wildman–Crippen LogP) is 3.84. The van der Waals surface area contributed by atoms with Gasteiger partial charge in [-0.15, -0.1) is 0 Å². The summed E-state index contributed by atoms with van der Waals surface area (Å²) >= 11 is 0. The van der Waals surface area contributed by atoms with Gasteiger partial charge in [0.2, 0.25) is 5.91 Å². The molecule has 0 unspecified atom stereocenters. The number of piperidine rings is 2. The third-order valence-electron chi connectivity index (χ3n) is 6.94. The van der Waals surface area contributed by atoms with Gasteiger partial charge in [0.15, 0.2) is 0 Å². The highest BCUT2D eigenvalue weighted by Crippen LogP contribution is 2.48. The summed E-state index contributed by atoms with van der Waals surface area (Å²) in [5.41, 5.74) is 2.63. The molecule has 2 saturated heterocycles. The van der Waals surface area contributed by atoms with E-state index in [-0.39, 0.29) is 11.3 Å². The minimum atomic E-state index is 0.0397. The van der Waals surface area contributed by atoms with Crippen LogP contribution in [0.3, 0.4) is 0 Å². The molecule has 3 aliphatic rings. The fourth-order valence-electron chi connectivity index (χ4n) is 5.13. The fourth-order valence-corrected chi connectivity index (χ4v) is 5.13. The Hall–Kier alpha value is -2.20. The summed E-state index contributed by atoms with van der Waals surface area (Å²) in [5.74, 6) is 0.410. The zero-order chi connectivity index (χ0) is 19.0. The van der Waals surface area contributed by atoms with E-state index in [1.54, 1.807) is 0 Å². The van der Waals surface area contributed by atoms with Gasteiger partial charge < -0.3 is 4.90 Å². The number of likely N-dealkylation sites (tertiary alicyclic amines) is 2. The van der Waals surface area contributed by atoms with Crippen molar-refractivity contribution in [1.29, 1.82) is 0 Å². The van der Waals surface area contributed by atoms with Crippen molar-refractivity contribution in [1.82, 2.24) is 14.8 Å². The molecule has 2 aliphatic heterocycles. The maximum absolute atomic E-state index is 13.2. The Morgan fingerprint density at radius 3 is 2.43 bits per heavy atom. The molecule has 5 rings (SSSR count). The molecule has 1 saturated carbocycles. The van der Waals surface area contributed by atoms with E-state index in [2.05, 4.69) is 51.2 Å². The first-order valence-corrected chi connectivity index (χ1v) is 10.7. The van der Waals surface area contributed by atoms with E-state index in [1.165, 1.54) is 31.2 Å². The second-order valence-corrected chi connectivity index (χ2v) is 8.96. The van der Waals surface area contributed by atoms with Gasteiger partial charge in [0.05, 0.1) is 11.6 Å². The third kappa shape index (κ3) is 3.58. The molecule has 3 fully saturated rings. The lowest BCUT2D eigenvalue weighted by atomic mass is 9.67. The average Bonchev–Trinajstić information content (AvgIpc) is 3.58. The molecule has 1 spiro atoms. The summed E-state index contributed by atoms with van der Waals surface area (Å²) in [5, 5.41) is 0. The fraction of sp³-hybridized carbons (Fsp3) is 0.500. The summed E-state index contributed by atoms with van der Waals surface area (Å²) in [4.78, 5) is 22.5. The number of rotatable bonds is 4. The molecule has 0 radical (unpaired) electrons. The highest BCUT2D eigenvalue weighted by atomic mass is 16.2. The van der Waals surface area contributed by atoms with Gasteiger partial charge in [-0.3, -0.25) is 14.7 Å². The zero-order valence-electron chi connectivity index (χ0n) is 16.5. The maximum atomic E-state index is 13.2. The van der Waals surface area contributed by atoms with E-state index in [4.69, 9.17) is 0 Å². The molecule has 28 heavy (non-hydrogen) atoms. The Morgan fingerprint density at radius 2 is 1.75 bits per heavy atom. The Balaban J connectivity index is 1.32. The first-order valence-electron chi connectivity index (χ1n) is 10.7. The monoisotopic (exact) mass is 375 g/mol. The van der Waals surface area contributed by atoms with E-state index in [0.717, 1.165) is 38.3 Å². The van der Waals surface area contributed by atoms with Crippen LogP contribution < -0.4 is 0 Å². The molecule has 146 valence electrons. The van der Waals surface area contributed by atoms with Gasteiger partial charge in [-0.2, -0.15) is 0 Å². The van der Waals surface area contributed by atoms with Crippen LogP contribution in [0, 0.1) is 5.41 Å². The van der Waals surface area contributed by atoms with Crippen LogP contribution in [0.1, 0.15) is 49.3 Å². The van der Waals surface area contributed by atoms with Gasteiger partial charge in [-0.05, 0) is 68.3 Å². The van der Waals surface area contributed by atoms with Crippen LogP contribution in [-0.4, -0.2) is 46.4 Å². The summed E-state index contributed by atoms with van der Waals surface area (Å²) in [6, 6.07) is 17.1. The van der Waals surface area contributed by atoms with Gasteiger partial charge >= 0.3 is 0 Å². The van der Waals surface area contributed by atoms with Gasteiger partial charge in [-0.25, -0.2) is 0 Å². The van der Waals surface area contributed by atoms with Crippen LogP contribution >= 0.6 is 0 Å². The van der Waals surface area contributed by atoms with Crippen molar-refractivity contribution in [3.05, 3.63) is 66.0 Å². The SMILES string of the molecule is O=C1[C@H](c2ccccc2)CC2(CCN(Cc3ccccn3)CC2)CN1C1CC1. The molecule has 1 atom stereocenters. The lowest BCUT2D eigenvalue weighted by Crippen LogP contribution is -2.54. The van der Waals surface area contributed by atoms with Crippen molar-refractivity contribution in [2.45, 2.75) is 50.6 Å². The zero-order valence-corrected chi connectivity index (χ0v) is 16.5. The molecule has 3 heterocycles. The number of hydrogen-bond donors (Lipinski definition) is 0. The molecule has 4 heteroatoms. The van der Waals surface area contributed by atoms with E-state index in [1.807, 2.05) is 18.3 Å². The smallest absolute Gasteiger partial charge is 0.230 e. The number of amides is 1. The Morgan fingerprint density at radius 1 is 1.00 bits per heavy atom. The predicted molar refractivity (Wildman–Crippen MR) is 110 cm³/mol. The summed E-state index contributed by atoms with van der Waals surface area (Å²) in [6.07, 6.45) is 7.63. The van der Waals surface area contributed by atoms with E-state index in [0.29, 0.717) is 11.9 Å². The molecular weight excluding hydrogens is 346 g/mol. The Bertz CT molecular complexity index is 810. The van der Waals surface area contributed by atoms with Crippen LogP contribution in [-0.2, 0) is 11.3 Å². The number of pyridine rings is 1. The lowest BCUT2D eigenvalue weighted by Gasteiger charge is -2.50. The molecular formula is C24H29N3O. The second kappa shape index (κ2) is 7.32. The summed E-state index contributed by atoms with van der Waals surface area (Å²) in [6.45, 7) is 4.11. The minimum absolute atomic E-state index is 0.0397. The summed E-state index contributed by atoms with van der Waals surface area (Å²) < 4.78 is 0. The van der Waals surface area contributed by atoms with Crippen LogP contribution in [0.25, 0.3) is 0 Å². The highest BCUT2D eigenvalue weighted by Gasteiger charge is 2.49. The van der Waals surface area contributed by atoms with Crippen LogP contribution in [0.5, 0.6) is 0 Å². The molecule has 1 aromatic carbocycles. The average molecular weight is 376 g/mol. The molecule has 0 bridgehead atoms. The third-order valence-corrected chi connectivity index (χ3v) is 6.94. The van der Waals surface area contributed by atoms with Gasteiger partial charge in [-0.1, -0.05) is 36.4 Å². The number of aromatic nitrogens is 1. The van der Waals surface area contributed by atoms with Crippen molar-refractivity contribution >= 4 is 5.91 Å². The number of hydrogen-bond acceptors (Lipinski definition) is 3. The molecule has 1 aliphatic carbocycles. The van der Waals surface area contributed by atoms with Gasteiger partial charge in [0.1, 0.15) is 0 Å². The standard InChI is InChI=1S/C24H29N3O/c28-23-22(19-6-2-1-3-7-19)16-24(18-27(23)21-9-10-21)11-14-26(15-12-24)17-20-8-4-5-13-25-20/h1-8,13,21-22H,9-12,14-18H2/t22-/m0/s1. The largest absolute Gasteiger partial charge is 0.339 e. The van der Waals surface area contributed by atoms with Crippen molar-refractivity contribution < 1.29 is 4.79 Å². The minimum Gasteiger partial charge on any atom is -0.339 e. The number of benzene rings is 1. The van der Waals surface area contributed by atoms with Crippen LogP contribution in [0.15, 0.2) is 54.7 Å². The van der Waals surface area contributed by atoms with E-state index >= 15 is 0 Å². The van der Waals surface area contributed by atoms with Crippen molar-refractivity contribution in [3.63, 3.8) is 0 Å². The molecule has 4 nitrogen and oxygen atoms in total. The first kappa shape index (κ1) is 17.9. The Labute approximate surface area is 167 Å². The molecule has 0 N–H and O–H groups in total. The molecule has 1 aromatic heterocycles. The summed E-state index contributed by atoms with van der Waals surface area (Å²) in [7, 11) is 0. The number of carbonyl (C=O) groups is 1. The first-order chi connectivity index (χ1) is 13.7. The highest BCUT2D eigenvalue weighted by molar-refractivity contribution is 5.85. The van der Waals surface area contributed by atoms with Gasteiger partial charge in [0, 0.05) is 25.3 Å². The van der Waals surface area contributed by atoms with Gasteiger partial charge in [0.25, 0.3) is 0 Å². The quantitative estimate of drug-likeness (QED) is 0.815. The van der Waals surface area contributed by atoms with Crippen LogP contribution in [0.2, 0.25) is 0 Å². The normalized spacial score (nSPS) is 25.2. The van der Waals surface area contributed by atoms with Crippen molar-refractivity contribution in [2.24, 2.45) is 5.41 Å². The Kier molecular flexibility index (Phi) is 4.67. The maximum Gasteiger partial charge on any atom is 0.230 e. The van der Waals surface area contributed by atoms with Crippen molar-refractivity contribution in [3.8, 4) is 0 Å².